The Bertz CT molecular complexity index is 980. The largest absolute Gasteiger partial charge is 0.491 e. The van der Waals surface area contributed by atoms with Crippen molar-refractivity contribution in [3.63, 3.8) is 0 Å². The SMILES string of the molecule is Cc1ccccc1OCCN(C)C(=O)C1CCN(c2ccc3nncn3n2)CC1. The Morgan fingerprint density at radius 1 is 1.21 bits per heavy atom. The highest BCUT2D eigenvalue weighted by molar-refractivity contribution is 5.79. The Kier molecular flexibility index (Phi) is 5.59. The van der Waals surface area contributed by atoms with E-state index in [-0.39, 0.29) is 11.8 Å². The van der Waals surface area contributed by atoms with Crippen molar-refractivity contribution in [2.24, 2.45) is 5.92 Å². The highest BCUT2D eigenvalue weighted by atomic mass is 16.5. The van der Waals surface area contributed by atoms with Gasteiger partial charge < -0.3 is 14.5 Å². The number of aryl methyl sites for hydroxylation is 1. The van der Waals surface area contributed by atoms with Crippen LogP contribution in [0.3, 0.4) is 0 Å². The molecule has 1 aliphatic rings. The first-order valence-corrected chi connectivity index (χ1v) is 9.97. The summed E-state index contributed by atoms with van der Waals surface area (Å²) in [6, 6.07) is 11.8. The van der Waals surface area contributed by atoms with Crippen LogP contribution in [0.5, 0.6) is 5.75 Å². The molecule has 1 fully saturated rings. The zero-order chi connectivity index (χ0) is 20.2. The van der Waals surface area contributed by atoms with Crippen molar-refractivity contribution in [2.75, 3.05) is 38.2 Å². The Morgan fingerprint density at radius 2 is 2.00 bits per heavy atom. The van der Waals surface area contributed by atoms with Crippen molar-refractivity contribution in [3.05, 3.63) is 48.3 Å². The van der Waals surface area contributed by atoms with E-state index < -0.39 is 0 Å². The van der Waals surface area contributed by atoms with Crippen LogP contribution in [0.4, 0.5) is 5.82 Å². The van der Waals surface area contributed by atoms with Crippen molar-refractivity contribution < 1.29 is 9.53 Å². The van der Waals surface area contributed by atoms with Crippen LogP contribution >= 0.6 is 0 Å². The van der Waals surface area contributed by atoms with Crippen LogP contribution in [0, 0.1) is 12.8 Å². The van der Waals surface area contributed by atoms with Gasteiger partial charge in [-0.1, -0.05) is 18.2 Å². The van der Waals surface area contributed by atoms with E-state index in [1.165, 1.54) is 0 Å². The first-order valence-electron chi connectivity index (χ1n) is 9.97. The van der Waals surface area contributed by atoms with E-state index >= 15 is 0 Å². The summed E-state index contributed by atoms with van der Waals surface area (Å²) < 4.78 is 7.50. The number of benzene rings is 1. The van der Waals surface area contributed by atoms with Crippen molar-refractivity contribution in [3.8, 4) is 5.75 Å². The lowest BCUT2D eigenvalue weighted by atomic mass is 9.95. The number of amides is 1. The number of aromatic nitrogens is 4. The minimum atomic E-state index is 0.0494. The number of ether oxygens (including phenoxy) is 1. The molecule has 29 heavy (non-hydrogen) atoms. The molecule has 0 unspecified atom stereocenters. The number of carbonyl (C=O) groups excluding carboxylic acids is 1. The van der Waals surface area contributed by atoms with Crippen LogP contribution in [-0.4, -0.2) is 63.9 Å². The van der Waals surface area contributed by atoms with Gasteiger partial charge in [-0.25, -0.2) is 0 Å². The predicted molar refractivity (Wildman–Crippen MR) is 110 cm³/mol. The van der Waals surface area contributed by atoms with Crippen LogP contribution in [0.1, 0.15) is 18.4 Å². The van der Waals surface area contributed by atoms with E-state index in [0.29, 0.717) is 13.2 Å². The molecule has 1 aromatic carbocycles. The monoisotopic (exact) mass is 394 g/mol. The zero-order valence-electron chi connectivity index (χ0n) is 16.9. The molecule has 2 aromatic heterocycles. The molecule has 1 aliphatic heterocycles. The molecule has 0 N–H and O–H groups in total. The van der Waals surface area contributed by atoms with E-state index in [1.54, 1.807) is 15.7 Å². The van der Waals surface area contributed by atoms with E-state index in [9.17, 15) is 4.79 Å². The molecule has 8 heteroatoms. The number of nitrogens with zero attached hydrogens (tertiary/aromatic N) is 6. The molecular formula is C21H26N6O2. The number of rotatable bonds is 6. The molecule has 0 bridgehead atoms. The molecule has 0 atom stereocenters. The van der Waals surface area contributed by atoms with Crippen molar-refractivity contribution in [1.82, 2.24) is 24.7 Å². The number of para-hydroxylation sites is 1. The summed E-state index contributed by atoms with van der Waals surface area (Å²) >= 11 is 0. The fraction of sp³-hybridized carbons (Fsp3) is 0.429. The van der Waals surface area contributed by atoms with E-state index in [4.69, 9.17) is 4.74 Å². The minimum Gasteiger partial charge on any atom is -0.491 e. The lowest BCUT2D eigenvalue weighted by Gasteiger charge is -2.33. The van der Waals surface area contributed by atoms with Crippen LogP contribution in [-0.2, 0) is 4.79 Å². The number of hydrogen-bond acceptors (Lipinski definition) is 6. The van der Waals surface area contributed by atoms with Crippen LogP contribution in [0.25, 0.3) is 5.65 Å². The summed E-state index contributed by atoms with van der Waals surface area (Å²) in [6.45, 7) is 4.72. The standard InChI is InChI=1S/C21H26N6O2/c1-16-5-3-4-6-18(16)29-14-13-25(2)21(28)17-9-11-26(12-10-17)20-8-7-19-23-22-15-27(19)24-20/h3-8,15,17H,9-14H2,1-2H3. The first kappa shape index (κ1) is 19.2. The quantitative estimate of drug-likeness (QED) is 0.638. The smallest absolute Gasteiger partial charge is 0.225 e. The lowest BCUT2D eigenvalue weighted by molar-refractivity contribution is -0.135. The molecule has 4 rings (SSSR count). The zero-order valence-corrected chi connectivity index (χ0v) is 16.9. The molecular weight excluding hydrogens is 368 g/mol. The van der Waals surface area contributed by atoms with Crippen molar-refractivity contribution in [2.45, 2.75) is 19.8 Å². The van der Waals surface area contributed by atoms with E-state index in [2.05, 4.69) is 20.2 Å². The average Bonchev–Trinajstić information content (AvgIpc) is 3.22. The maximum absolute atomic E-state index is 12.8. The van der Waals surface area contributed by atoms with Gasteiger partial charge in [-0.3, -0.25) is 4.79 Å². The van der Waals surface area contributed by atoms with Gasteiger partial charge in [0, 0.05) is 26.1 Å². The predicted octanol–water partition coefficient (Wildman–Crippen LogP) is 2.19. The molecule has 0 radical (unpaired) electrons. The average molecular weight is 394 g/mol. The number of piperidine rings is 1. The van der Waals surface area contributed by atoms with Gasteiger partial charge in [-0.15, -0.1) is 15.3 Å². The van der Waals surface area contributed by atoms with Gasteiger partial charge in [0.1, 0.15) is 24.5 Å². The Balaban J connectivity index is 1.26. The molecule has 152 valence electrons. The van der Waals surface area contributed by atoms with E-state index in [1.807, 2.05) is 50.4 Å². The Labute approximate surface area is 170 Å². The Hall–Kier alpha value is -3.16. The molecule has 3 heterocycles. The maximum Gasteiger partial charge on any atom is 0.225 e. The van der Waals surface area contributed by atoms with Crippen LogP contribution < -0.4 is 9.64 Å². The van der Waals surface area contributed by atoms with Gasteiger partial charge in [-0.05, 0) is 43.5 Å². The second kappa shape index (κ2) is 8.46. The summed E-state index contributed by atoms with van der Waals surface area (Å²) in [5.41, 5.74) is 1.83. The molecule has 0 aliphatic carbocycles. The Morgan fingerprint density at radius 3 is 2.79 bits per heavy atom. The van der Waals surface area contributed by atoms with E-state index in [0.717, 1.165) is 48.7 Å². The van der Waals surface area contributed by atoms with Gasteiger partial charge in [0.15, 0.2) is 5.65 Å². The van der Waals surface area contributed by atoms with Crippen molar-refractivity contribution >= 4 is 17.4 Å². The fourth-order valence-electron chi connectivity index (χ4n) is 3.68. The number of fused-ring (bicyclic) bond motifs is 1. The normalized spacial score (nSPS) is 14.9. The molecule has 8 nitrogen and oxygen atoms in total. The highest BCUT2D eigenvalue weighted by Crippen LogP contribution is 2.23. The molecule has 0 saturated carbocycles. The van der Waals surface area contributed by atoms with Crippen molar-refractivity contribution in [1.29, 1.82) is 0 Å². The van der Waals surface area contributed by atoms with Crippen LogP contribution in [0.2, 0.25) is 0 Å². The number of likely N-dealkylation sites (N-methyl/N-ethyl adjacent to an activating group) is 1. The lowest BCUT2D eigenvalue weighted by Crippen LogP contribution is -2.42. The molecule has 0 spiro atoms. The summed E-state index contributed by atoms with van der Waals surface area (Å²) in [6.07, 6.45) is 3.25. The summed E-state index contributed by atoms with van der Waals surface area (Å²) in [4.78, 5) is 16.8. The third kappa shape index (κ3) is 4.31. The topological polar surface area (TPSA) is 75.9 Å². The molecule has 1 saturated heterocycles. The van der Waals surface area contributed by atoms with Crippen LogP contribution in [0.15, 0.2) is 42.7 Å². The molecule has 3 aromatic rings. The number of carbonyl (C=O) groups is 1. The second-order valence-electron chi connectivity index (χ2n) is 7.46. The van der Waals surface area contributed by atoms with Gasteiger partial charge in [0.25, 0.3) is 0 Å². The second-order valence-corrected chi connectivity index (χ2v) is 7.46. The highest BCUT2D eigenvalue weighted by Gasteiger charge is 2.27. The summed E-state index contributed by atoms with van der Waals surface area (Å²) in [5.74, 6) is 2.01. The third-order valence-electron chi connectivity index (χ3n) is 5.47. The maximum atomic E-state index is 12.8. The first-order chi connectivity index (χ1) is 14.1. The fourth-order valence-corrected chi connectivity index (χ4v) is 3.68. The van der Waals surface area contributed by atoms with Gasteiger partial charge in [0.05, 0.1) is 6.54 Å². The van der Waals surface area contributed by atoms with Gasteiger partial charge in [-0.2, -0.15) is 4.52 Å². The van der Waals surface area contributed by atoms with Gasteiger partial charge >= 0.3 is 0 Å². The minimum absolute atomic E-state index is 0.0494. The summed E-state index contributed by atoms with van der Waals surface area (Å²) in [5, 5.41) is 12.4. The third-order valence-corrected chi connectivity index (χ3v) is 5.47. The molecule has 1 amide bonds. The number of hydrogen-bond donors (Lipinski definition) is 0. The van der Waals surface area contributed by atoms with Gasteiger partial charge in [0.2, 0.25) is 5.91 Å². The number of anilines is 1. The summed E-state index contributed by atoms with van der Waals surface area (Å²) in [7, 11) is 1.86.